The monoisotopic (exact) mass is 505 g/mol. The predicted molar refractivity (Wildman–Crippen MR) is 131 cm³/mol. The van der Waals surface area contributed by atoms with Crippen molar-refractivity contribution in [3.8, 4) is 16.9 Å². The quantitative estimate of drug-likeness (QED) is 0.437. The Bertz CT molecular complexity index is 1490. The highest BCUT2D eigenvalue weighted by Crippen LogP contribution is 2.49. The van der Waals surface area contributed by atoms with Crippen LogP contribution in [-0.2, 0) is 10.3 Å². The standard InChI is InChI=1S/C27H25F2N5O3/c1-27(35)9-20(19-4-2-3-5-21(19)37-25(28)29)23-24(27)32-22-7-6-15(12-34(22)23)16-10-30-26(31-11-16)33-13-18-8-17(33)14-36-18/h2-7,10-12,17-18,20,25,35H,8-9,13-14H2,1H3/t17-,18-,20+,27+/m0/s1. The number of nitrogens with zero attached hydrogens (tertiary/aromatic N) is 5. The van der Waals surface area contributed by atoms with Crippen LogP contribution in [0.4, 0.5) is 14.7 Å². The van der Waals surface area contributed by atoms with E-state index in [1.165, 1.54) is 6.07 Å². The van der Waals surface area contributed by atoms with Gasteiger partial charge < -0.3 is 23.9 Å². The first-order valence-electron chi connectivity index (χ1n) is 12.4. The van der Waals surface area contributed by atoms with E-state index in [4.69, 9.17) is 14.5 Å². The van der Waals surface area contributed by atoms with Crippen molar-refractivity contribution in [1.29, 1.82) is 0 Å². The lowest BCUT2D eigenvalue weighted by atomic mass is 9.93. The van der Waals surface area contributed by atoms with Gasteiger partial charge >= 0.3 is 6.61 Å². The second-order valence-electron chi connectivity index (χ2n) is 10.2. The number of hydrogen-bond donors (Lipinski definition) is 1. The zero-order valence-corrected chi connectivity index (χ0v) is 20.1. The molecule has 0 spiro atoms. The molecule has 7 rings (SSSR count). The van der Waals surface area contributed by atoms with Gasteiger partial charge in [-0.3, -0.25) is 0 Å². The van der Waals surface area contributed by atoms with Crippen molar-refractivity contribution in [1.82, 2.24) is 19.4 Å². The van der Waals surface area contributed by atoms with Crippen LogP contribution in [0.2, 0.25) is 0 Å². The van der Waals surface area contributed by atoms with E-state index in [9.17, 15) is 13.9 Å². The minimum Gasteiger partial charge on any atom is -0.435 e. The van der Waals surface area contributed by atoms with Crippen molar-refractivity contribution in [3.63, 3.8) is 0 Å². The van der Waals surface area contributed by atoms with Crippen molar-refractivity contribution in [2.45, 2.75) is 50.0 Å². The first-order chi connectivity index (χ1) is 17.9. The van der Waals surface area contributed by atoms with Gasteiger partial charge in [-0.2, -0.15) is 8.78 Å². The Kier molecular flexibility index (Phi) is 4.99. The summed E-state index contributed by atoms with van der Waals surface area (Å²) < 4.78 is 38.7. The molecule has 2 bridgehead atoms. The molecule has 0 amide bonds. The Morgan fingerprint density at radius 2 is 1.95 bits per heavy atom. The number of alkyl halides is 2. The summed E-state index contributed by atoms with van der Waals surface area (Å²) in [5.41, 5.74) is 3.07. The molecule has 4 atom stereocenters. The van der Waals surface area contributed by atoms with E-state index in [1.807, 2.05) is 35.1 Å². The molecule has 1 aromatic carbocycles. The molecule has 2 fully saturated rings. The van der Waals surface area contributed by atoms with E-state index in [0.29, 0.717) is 41.9 Å². The molecule has 3 aliphatic rings. The number of ether oxygens (including phenoxy) is 2. The van der Waals surface area contributed by atoms with Gasteiger partial charge in [-0.25, -0.2) is 15.0 Å². The number of para-hydroxylation sites is 1. The third-order valence-electron chi connectivity index (χ3n) is 7.74. The van der Waals surface area contributed by atoms with Crippen LogP contribution in [-0.4, -0.2) is 56.4 Å². The molecule has 2 aliphatic heterocycles. The van der Waals surface area contributed by atoms with E-state index in [1.54, 1.807) is 25.1 Å². The summed E-state index contributed by atoms with van der Waals surface area (Å²) in [6.45, 7) is 0.296. The minimum atomic E-state index is -2.94. The molecule has 1 aliphatic carbocycles. The maximum Gasteiger partial charge on any atom is 0.387 e. The summed E-state index contributed by atoms with van der Waals surface area (Å²) in [5.74, 6) is 0.426. The molecule has 10 heteroatoms. The summed E-state index contributed by atoms with van der Waals surface area (Å²) in [7, 11) is 0. The number of aliphatic hydroxyl groups is 1. The van der Waals surface area contributed by atoms with Gasteiger partial charge in [0.2, 0.25) is 5.95 Å². The van der Waals surface area contributed by atoms with Crippen molar-refractivity contribution < 1.29 is 23.4 Å². The van der Waals surface area contributed by atoms with E-state index in [2.05, 4.69) is 14.9 Å². The highest BCUT2D eigenvalue weighted by molar-refractivity contribution is 5.65. The lowest BCUT2D eigenvalue weighted by Gasteiger charge is -2.26. The number of halogens is 2. The molecular weight excluding hydrogens is 480 g/mol. The fourth-order valence-corrected chi connectivity index (χ4v) is 6.05. The highest BCUT2D eigenvalue weighted by Gasteiger charge is 2.45. The van der Waals surface area contributed by atoms with Gasteiger partial charge in [0.05, 0.1) is 30.1 Å². The molecular formula is C27H25F2N5O3. The zero-order chi connectivity index (χ0) is 25.3. The molecule has 1 N–H and O–H groups in total. The first-order valence-corrected chi connectivity index (χ1v) is 12.4. The maximum absolute atomic E-state index is 13.1. The summed E-state index contributed by atoms with van der Waals surface area (Å²) >= 11 is 0. The topological polar surface area (TPSA) is 85.0 Å². The molecule has 2 saturated heterocycles. The fourth-order valence-electron chi connectivity index (χ4n) is 6.05. The Balaban J connectivity index is 1.28. The van der Waals surface area contributed by atoms with Gasteiger partial charge in [0, 0.05) is 47.7 Å². The molecule has 0 radical (unpaired) electrons. The summed E-state index contributed by atoms with van der Waals surface area (Å²) in [6, 6.07) is 10.9. The molecule has 8 nitrogen and oxygen atoms in total. The van der Waals surface area contributed by atoms with Crippen LogP contribution in [0.25, 0.3) is 16.8 Å². The van der Waals surface area contributed by atoms with Gasteiger partial charge in [0.1, 0.15) is 17.0 Å². The Labute approximate surface area is 211 Å². The Morgan fingerprint density at radius 3 is 2.68 bits per heavy atom. The summed E-state index contributed by atoms with van der Waals surface area (Å²) in [6.07, 6.45) is 7.15. The lowest BCUT2D eigenvalue weighted by molar-refractivity contribution is -0.0506. The van der Waals surface area contributed by atoms with Gasteiger partial charge in [-0.05, 0) is 38.0 Å². The number of morpholine rings is 1. The molecule has 4 aromatic rings. The van der Waals surface area contributed by atoms with E-state index in [0.717, 1.165) is 29.8 Å². The second kappa shape index (κ2) is 8.19. The zero-order valence-electron chi connectivity index (χ0n) is 20.1. The van der Waals surface area contributed by atoms with Crippen molar-refractivity contribution in [2.75, 3.05) is 18.1 Å². The van der Waals surface area contributed by atoms with E-state index >= 15 is 0 Å². The van der Waals surface area contributed by atoms with Crippen molar-refractivity contribution >= 4 is 11.6 Å². The van der Waals surface area contributed by atoms with E-state index in [-0.39, 0.29) is 17.8 Å². The predicted octanol–water partition coefficient (Wildman–Crippen LogP) is 4.11. The van der Waals surface area contributed by atoms with Gasteiger partial charge in [0.25, 0.3) is 0 Å². The van der Waals surface area contributed by atoms with Crippen LogP contribution in [0.1, 0.15) is 42.6 Å². The molecule has 190 valence electrons. The van der Waals surface area contributed by atoms with Gasteiger partial charge in [-0.15, -0.1) is 0 Å². The molecule has 3 aromatic heterocycles. The maximum atomic E-state index is 13.1. The second-order valence-corrected chi connectivity index (χ2v) is 10.2. The smallest absolute Gasteiger partial charge is 0.387 e. The number of hydrogen-bond acceptors (Lipinski definition) is 7. The lowest BCUT2D eigenvalue weighted by Crippen LogP contribution is -2.38. The van der Waals surface area contributed by atoms with Crippen LogP contribution < -0.4 is 9.64 Å². The molecule has 0 saturated carbocycles. The fraction of sp³-hybridized carbons (Fsp3) is 0.370. The van der Waals surface area contributed by atoms with Gasteiger partial charge in [-0.1, -0.05) is 18.2 Å². The van der Waals surface area contributed by atoms with Crippen LogP contribution >= 0.6 is 0 Å². The largest absolute Gasteiger partial charge is 0.435 e. The average molecular weight is 506 g/mol. The number of aromatic nitrogens is 4. The number of anilines is 1. The van der Waals surface area contributed by atoms with Crippen LogP contribution in [0, 0.1) is 0 Å². The Hall–Kier alpha value is -3.63. The van der Waals surface area contributed by atoms with Crippen LogP contribution in [0.3, 0.4) is 0 Å². The highest BCUT2D eigenvalue weighted by atomic mass is 19.3. The SMILES string of the molecule is C[C@@]1(O)C[C@H](c2ccccc2OC(F)F)c2c1nc1ccc(-c3cnc(N4C[C@@H]5C[C@H]4CO5)nc3)cn21. The van der Waals surface area contributed by atoms with Crippen molar-refractivity contribution in [3.05, 3.63) is 71.9 Å². The summed E-state index contributed by atoms with van der Waals surface area (Å²) in [5, 5.41) is 11.2. The van der Waals surface area contributed by atoms with Crippen LogP contribution in [0.5, 0.6) is 5.75 Å². The number of imidazole rings is 1. The molecule has 5 heterocycles. The van der Waals surface area contributed by atoms with Gasteiger partial charge in [0.15, 0.2) is 0 Å². The number of rotatable bonds is 5. The first kappa shape index (κ1) is 22.6. The minimum absolute atomic E-state index is 0.0993. The normalized spacial score (nSPS) is 26.4. The third kappa shape index (κ3) is 3.66. The number of benzene rings is 1. The average Bonchev–Trinajstić information content (AvgIpc) is 3.65. The third-order valence-corrected chi connectivity index (χ3v) is 7.74. The summed E-state index contributed by atoms with van der Waals surface area (Å²) in [4.78, 5) is 16.2. The Morgan fingerprint density at radius 1 is 1.14 bits per heavy atom. The van der Waals surface area contributed by atoms with Crippen LogP contribution in [0.15, 0.2) is 55.0 Å². The van der Waals surface area contributed by atoms with E-state index < -0.39 is 12.2 Å². The number of pyridine rings is 1. The molecule has 0 unspecified atom stereocenters. The number of fused-ring (bicyclic) bond motifs is 5. The van der Waals surface area contributed by atoms with Crippen molar-refractivity contribution in [2.24, 2.45) is 0 Å². The molecule has 37 heavy (non-hydrogen) atoms.